The van der Waals surface area contributed by atoms with Crippen LogP contribution in [0.15, 0.2) is 17.0 Å². The summed E-state index contributed by atoms with van der Waals surface area (Å²) in [5, 5.41) is 7.82. The van der Waals surface area contributed by atoms with Crippen LogP contribution in [0.4, 0.5) is 24.5 Å². The van der Waals surface area contributed by atoms with Crippen molar-refractivity contribution < 1.29 is 26.3 Å². The second-order valence-corrected chi connectivity index (χ2v) is 5.86. The average molecular weight is 327 g/mol. The van der Waals surface area contributed by atoms with E-state index in [0.29, 0.717) is 11.3 Å². The first kappa shape index (κ1) is 17.5. The van der Waals surface area contributed by atoms with Crippen molar-refractivity contribution in [1.82, 2.24) is 0 Å². The van der Waals surface area contributed by atoms with E-state index < -0.39 is 22.8 Å². The first-order valence-corrected chi connectivity index (χ1v) is 7.36. The zero-order valence-electron chi connectivity index (χ0n) is 11.2. The van der Waals surface area contributed by atoms with Gasteiger partial charge in [-0.2, -0.15) is 13.2 Å². The Labute approximate surface area is 120 Å². The predicted octanol–water partition coefficient (Wildman–Crippen LogP) is 1.22. The summed E-state index contributed by atoms with van der Waals surface area (Å²) in [5.41, 5.74) is 6.45. The number of halogens is 3. The molecule has 0 saturated carbocycles. The number of rotatable bonds is 6. The fourth-order valence-electron chi connectivity index (χ4n) is 1.63. The standard InChI is InChI=1S/C11H16F3N3O3S/c1-7-9(17-2-3-20-6-11(12,13)14)4-8(15)5-10(7)21(16,18)19/h4-5,17H,2-3,6,15H2,1H3,(H2,16,18,19). The Morgan fingerprint density at radius 3 is 2.48 bits per heavy atom. The molecule has 120 valence electrons. The van der Waals surface area contributed by atoms with E-state index in [2.05, 4.69) is 10.1 Å². The van der Waals surface area contributed by atoms with Gasteiger partial charge in [0.15, 0.2) is 0 Å². The molecule has 0 unspecified atom stereocenters. The maximum Gasteiger partial charge on any atom is 0.411 e. The fourth-order valence-corrected chi connectivity index (χ4v) is 2.47. The molecule has 5 N–H and O–H groups in total. The van der Waals surface area contributed by atoms with Crippen LogP contribution in [0.3, 0.4) is 0 Å². The minimum absolute atomic E-state index is 0.0600. The third-order valence-electron chi connectivity index (χ3n) is 2.52. The van der Waals surface area contributed by atoms with E-state index in [-0.39, 0.29) is 23.7 Å². The zero-order valence-corrected chi connectivity index (χ0v) is 12.0. The molecule has 1 rings (SSSR count). The second-order valence-electron chi connectivity index (χ2n) is 4.33. The van der Waals surface area contributed by atoms with Crippen LogP contribution in [0.1, 0.15) is 5.56 Å². The lowest BCUT2D eigenvalue weighted by Gasteiger charge is -2.14. The number of nitrogens with two attached hydrogens (primary N) is 2. The number of ether oxygens (including phenoxy) is 1. The highest BCUT2D eigenvalue weighted by molar-refractivity contribution is 7.89. The molecule has 0 bridgehead atoms. The minimum atomic E-state index is -4.38. The fraction of sp³-hybridized carbons (Fsp3) is 0.455. The summed E-state index contributed by atoms with van der Waals surface area (Å²) in [7, 11) is -3.93. The predicted molar refractivity (Wildman–Crippen MR) is 72.3 cm³/mol. The summed E-state index contributed by atoms with van der Waals surface area (Å²) in [6.45, 7) is 0.0357. The van der Waals surface area contributed by atoms with Gasteiger partial charge in [0.25, 0.3) is 0 Å². The van der Waals surface area contributed by atoms with Gasteiger partial charge >= 0.3 is 6.18 Å². The Balaban J connectivity index is 2.70. The lowest BCUT2D eigenvalue weighted by atomic mass is 10.2. The molecular formula is C11H16F3N3O3S. The first-order chi connectivity index (χ1) is 9.50. The molecule has 10 heteroatoms. The van der Waals surface area contributed by atoms with Crippen molar-refractivity contribution in [1.29, 1.82) is 0 Å². The van der Waals surface area contributed by atoms with E-state index >= 15 is 0 Å². The Hall–Kier alpha value is -1.52. The third kappa shape index (κ3) is 5.78. The van der Waals surface area contributed by atoms with Crippen LogP contribution in [-0.2, 0) is 14.8 Å². The number of benzene rings is 1. The largest absolute Gasteiger partial charge is 0.411 e. The van der Waals surface area contributed by atoms with Gasteiger partial charge in [-0.05, 0) is 24.6 Å². The minimum Gasteiger partial charge on any atom is -0.399 e. The number of alkyl halides is 3. The summed E-state index contributed by atoms with van der Waals surface area (Å²) < 4.78 is 62.8. The van der Waals surface area contributed by atoms with Gasteiger partial charge < -0.3 is 15.8 Å². The maximum absolute atomic E-state index is 11.9. The number of anilines is 2. The molecular weight excluding hydrogens is 311 g/mol. The van der Waals surface area contributed by atoms with Gasteiger partial charge in [-0.1, -0.05) is 0 Å². The smallest absolute Gasteiger partial charge is 0.399 e. The summed E-state index contributed by atoms with van der Waals surface area (Å²) >= 11 is 0. The van der Waals surface area contributed by atoms with E-state index in [0.717, 1.165) is 0 Å². The van der Waals surface area contributed by atoms with Crippen LogP contribution in [0.5, 0.6) is 0 Å². The van der Waals surface area contributed by atoms with Gasteiger partial charge in [0.1, 0.15) is 6.61 Å². The van der Waals surface area contributed by atoms with Crippen LogP contribution in [-0.4, -0.2) is 34.4 Å². The molecule has 0 saturated heterocycles. The topological polar surface area (TPSA) is 107 Å². The molecule has 1 aromatic carbocycles. The van der Waals surface area contributed by atoms with E-state index in [1.807, 2.05) is 0 Å². The number of hydrogen-bond acceptors (Lipinski definition) is 5. The molecule has 0 spiro atoms. The van der Waals surface area contributed by atoms with Crippen LogP contribution in [0, 0.1) is 6.92 Å². The lowest BCUT2D eigenvalue weighted by molar-refractivity contribution is -0.172. The Morgan fingerprint density at radius 2 is 1.95 bits per heavy atom. The molecule has 0 fully saturated rings. The summed E-state index contributed by atoms with van der Waals surface area (Å²) in [5.74, 6) is 0. The van der Waals surface area contributed by atoms with Crippen molar-refractivity contribution in [2.45, 2.75) is 18.0 Å². The van der Waals surface area contributed by atoms with Crippen LogP contribution in [0.2, 0.25) is 0 Å². The van der Waals surface area contributed by atoms with Gasteiger partial charge in [0, 0.05) is 17.9 Å². The van der Waals surface area contributed by atoms with Gasteiger partial charge in [0.05, 0.1) is 11.5 Å². The highest BCUT2D eigenvalue weighted by Gasteiger charge is 2.27. The average Bonchev–Trinajstić information content (AvgIpc) is 2.29. The number of nitrogen functional groups attached to an aromatic ring is 1. The van der Waals surface area contributed by atoms with E-state index in [4.69, 9.17) is 10.9 Å². The Morgan fingerprint density at radius 1 is 1.33 bits per heavy atom. The molecule has 0 aliphatic rings. The van der Waals surface area contributed by atoms with Gasteiger partial charge in [-0.3, -0.25) is 0 Å². The van der Waals surface area contributed by atoms with Crippen molar-refractivity contribution in [3.63, 3.8) is 0 Å². The molecule has 0 heterocycles. The molecule has 1 aromatic rings. The molecule has 6 nitrogen and oxygen atoms in total. The van der Waals surface area contributed by atoms with E-state index in [1.54, 1.807) is 0 Å². The van der Waals surface area contributed by atoms with Crippen LogP contribution < -0.4 is 16.2 Å². The van der Waals surface area contributed by atoms with Crippen molar-refractivity contribution in [2.75, 3.05) is 30.8 Å². The Bertz CT molecular complexity index is 603. The number of primary sulfonamides is 1. The maximum atomic E-state index is 11.9. The quantitative estimate of drug-likeness (QED) is 0.538. The second kappa shape index (κ2) is 6.50. The van der Waals surface area contributed by atoms with Gasteiger partial charge in [0.2, 0.25) is 10.0 Å². The van der Waals surface area contributed by atoms with Crippen molar-refractivity contribution in [3.8, 4) is 0 Å². The zero-order chi connectivity index (χ0) is 16.3. The normalized spacial score (nSPS) is 12.4. The highest BCUT2D eigenvalue weighted by Crippen LogP contribution is 2.25. The van der Waals surface area contributed by atoms with Crippen molar-refractivity contribution in [3.05, 3.63) is 17.7 Å². The third-order valence-corrected chi connectivity index (χ3v) is 3.55. The molecule has 0 aromatic heterocycles. The van der Waals surface area contributed by atoms with Gasteiger partial charge in [-0.15, -0.1) is 0 Å². The first-order valence-electron chi connectivity index (χ1n) is 5.82. The van der Waals surface area contributed by atoms with Crippen LogP contribution >= 0.6 is 0 Å². The summed E-state index contributed by atoms with van der Waals surface area (Å²) in [6.07, 6.45) is -4.38. The Kier molecular flexibility index (Phi) is 5.42. The molecule has 0 amide bonds. The van der Waals surface area contributed by atoms with E-state index in [9.17, 15) is 21.6 Å². The number of nitrogens with one attached hydrogen (secondary N) is 1. The van der Waals surface area contributed by atoms with Crippen LogP contribution in [0.25, 0.3) is 0 Å². The van der Waals surface area contributed by atoms with Gasteiger partial charge in [-0.25, -0.2) is 13.6 Å². The number of sulfonamides is 1. The molecule has 0 aliphatic heterocycles. The summed E-state index contributed by atoms with van der Waals surface area (Å²) in [6, 6.07) is 2.68. The molecule has 0 aliphatic carbocycles. The summed E-state index contributed by atoms with van der Waals surface area (Å²) in [4.78, 5) is -0.138. The monoisotopic (exact) mass is 327 g/mol. The van der Waals surface area contributed by atoms with Crippen molar-refractivity contribution >= 4 is 21.4 Å². The molecule has 0 radical (unpaired) electrons. The molecule has 0 atom stereocenters. The van der Waals surface area contributed by atoms with Crippen molar-refractivity contribution in [2.24, 2.45) is 5.14 Å². The highest BCUT2D eigenvalue weighted by atomic mass is 32.2. The number of hydrogen-bond donors (Lipinski definition) is 3. The SMILES string of the molecule is Cc1c(NCCOCC(F)(F)F)cc(N)cc1S(N)(=O)=O. The lowest BCUT2D eigenvalue weighted by Crippen LogP contribution is -2.20. The van der Waals surface area contributed by atoms with E-state index in [1.165, 1.54) is 19.1 Å². The molecule has 21 heavy (non-hydrogen) atoms.